The van der Waals surface area contributed by atoms with Crippen molar-refractivity contribution in [2.75, 3.05) is 0 Å². The summed E-state index contributed by atoms with van der Waals surface area (Å²) in [4.78, 5) is 38.4. The molecule has 27 heavy (non-hydrogen) atoms. The van der Waals surface area contributed by atoms with Crippen LogP contribution >= 0.6 is 0 Å². The highest BCUT2D eigenvalue weighted by Gasteiger charge is 2.36. The normalized spacial score (nSPS) is 13.0. The van der Waals surface area contributed by atoms with Crippen LogP contribution in [0.1, 0.15) is 32.0 Å². The first-order valence-corrected chi connectivity index (χ1v) is 8.12. The molecule has 0 radical (unpaired) electrons. The molecule has 2 N–H and O–H groups in total. The Morgan fingerprint density at radius 1 is 0.667 bits per heavy atom. The number of carbonyl (C=O) groups is 2. The van der Waals surface area contributed by atoms with Gasteiger partial charge >= 0.3 is 5.63 Å². The van der Waals surface area contributed by atoms with E-state index in [-0.39, 0.29) is 44.0 Å². The zero-order valence-corrected chi connectivity index (χ0v) is 13.6. The predicted octanol–water partition coefficient (Wildman–Crippen LogP) is 3.13. The second kappa shape index (κ2) is 5.04. The van der Waals surface area contributed by atoms with Crippen molar-refractivity contribution in [3.8, 4) is 11.5 Å². The number of carbonyl (C=O) groups excluding carboxylic acids is 2. The van der Waals surface area contributed by atoms with Gasteiger partial charge in [-0.05, 0) is 0 Å². The van der Waals surface area contributed by atoms with Crippen LogP contribution in [-0.2, 0) is 0 Å². The van der Waals surface area contributed by atoms with Crippen molar-refractivity contribution in [3.05, 3.63) is 81.4 Å². The summed E-state index contributed by atoms with van der Waals surface area (Å²) in [6.45, 7) is 0. The molecule has 4 aromatic rings. The van der Waals surface area contributed by atoms with Crippen LogP contribution in [0.4, 0.5) is 0 Å². The topological polar surface area (TPSA) is 105 Å². The van der Waals surface area contributed by atoms with Gasteiger partial charge in [-0.3, -0.25) is 9.59 Å². The van der Waals surface area contributed by atoms with Crippen molar-refractivity contribution >= 4 is 33.1 Å². The van der Waals surface area contributed by atoms with Gasteiger partial charge in [-0.2, -0.15) is 0 Å². The van der Waals surface area contributed by atoms with Crippen LogP contribution in [0, 0.1) is 0 Å². The fraction of sp³-hybridized carbons (Fsp3) is 0. The van der Waals surface area contributed by atoms with Gasteiger partial charge < -0.3 is 14.6 Å². The Hall–Kier alpha value is -3.93. The molecule has 1 heterocycles. The van der Waals surface area contributed by atoms with Crippen LogP contribution in [-0.4, -0.2) is 21.8 Å². The SMILES string of the molecule is O=C1c2ccccc2C(=O)c2c1oc(=O)c1c(O)c3ccccc3c(O)c21. The lowest BCUT2D eigenvalue weighted by molar-refractivity contribution is 0.0955. The molecule has 0 fully saturated rings. The van der Waals surface area contributed by atoms with Gasteiger partial charge in [0.15, 0.2) is 11.5 Å². The van der Waals surface area contributed by atoms with Crippen LogP contribution in [0.25, 0.3) is 21.5 Å². The first kappa shape index (κ1) is 15.3. The first-order chi connectivity index (χ1) is 13.0. The Balaban J connectivity index is 2.05. The summed E-state index contributed by atoms with van der Waals surface area (Å²) in [6, 6.07) is 12.5. The fourth-order valence-corrected chi connectivity index (χ4v) is 3.67. The van der Waals surface area contributed by atoms with Crippen molar-refractivity contribution in [1.29, 1.82) is 0 Å². The molecule has 1 aliphatic carbocycles. The number of hydrogen-bond donors (Lipinski definition) is 2. The van der Waals surface area contributed by atoms with Crippen LogP contribution in [0.2, 0.25) is 0 Å². The third kappa shape index (κ3) is 1.81. The van der Waals surface area contributed by atoms with Crippen LogP contribution in [0.5, 0.6) is 11.5 Å². The second-order valence-electron chi connectivity index (χ2n) is 6.29. The van der Waals surface area contributed by atoms with Crippen LogP contribution in [0.15, 0.2) is 57.7 Å². The molecule has 0 saturated carbocycles. The molecule has 0 atom stereocenters. The van der Waals surface area contributed by atoms with Crippen LogP contribution in [0.3, 0.4) is 0 Å². The second-order valence-corrected chi connectivity index (χ2v) is 6.29. The number of hydrogen-bond acceptors (Lipinski definition) is 6. The summed E-state index contributed by atoms with van der Waals surface area (Å²) in [5.74, 6) is -2.37. The van der Waals surface area contributed by atoms with Crippen molar-refractivity contribution < 1.29 is 24.2 Å². The third-order valence-corrected chi connectivity index (χ3v) is 4.89. The van der Waals surface area contributed by atoms with E-state index in [1.807, 2.05) is 0 Å². The minimum absolute atomic E-state index is 0.127. The Morgan fingerprint density at radius 2 is 1.19 bits per heavy atom. The molecule has 1 aromatic heterocycles. The lowest BCUT2D eigenvalue weighted by Crippen LogP contribution is -2.23. The minimum Gasteiger partial charge on any atom is -0.507 e. The maximum Gasteiger partial charge on any atom is 0.348 e. The third-order valence-electron chi connectivity index (χ3n) is 4.89. The standard InChI is InChI=1S/C21H10O6/c22-16-9-5-1-2-6-10(9)18(24)15-13(16)14-17(23)11-7-3-4-8-12(11)19(25)20(14)27-21(15)26/h1-8,22,24H. The number of phenols is 2. The monoisotopic (exact) mass is 358 g/mol. The number of benzene rings is 3. The molecule has 3 aromatic carbocycles. The molecular formula is C21H10O6. The lowest BCUT2D eigenvalue weighted by Gasteiger charge is -2.19. The van der Waals surface area contributed by atoms with Crippen molar-refractivity contribution in [1.82, 2.24) is 0 Å². The summed E-state index contributed by atoms with van der Waals surface area (Å²) in [5.41, 5.74) is -0.936. The molecule has 0 unspecified atom stereocenters. The molecular weight excluding hydrogens is 348 g/mol. The zero-order valence-electron chi connectivity index (χ0n) is 13.6. The predicted molar refractivity (Wildman–Crippen MR) is 96.6 cm³/mol. The Labute approximate surface area is 150 Å². The maximum atomic E-state index is 13.1. The summed E-state index contributed by atoms with van der Waals surface area (Å²) in [6.07, 6.45) is 0. The Bertz CT molecular complexity index is 1390. The zero-order chi connectivity index (χ0) is 18.9. The highest BCUT2D eigenvalue weighted by atomic mass is 16.4. The first-order valence-electron chi connectivity index (χ1n) is 8.12. The van der Waals surface area contributed by atoms with E-state index < -0.39 is 28.7 Å². The van der Waals surface area contributed by atoms with E-state index in [9.17, 15) is 24.6 Å². The molecule has 5 rings (SSSR count). The quantitative estimate of drug-likeness (QED) is 0.325. The van der Waals surface area contributed by atoms with E-state index in [0.29, 0.717) is 0 Å². The molecule has 1 aliphatic rings. The summed E-state index contributed by atoms with van der Waals surface area (Å²) in [5, 5.41) is 21.4. The average molecular weight is 358 g/mol. The van der Waals surface area contributed by atoms with Crippen molar-refractivity contribution in [3.63, 3.8) is 0 Å². The van der Waals surface area contributed by atoms with E-state index in [4.69, 9.17) is 4.42 Å². The molecule has 130 valence electrons. The van der Waals surface area contributed by atoms with Crippen molar-refractivity contribution in [2.24, 2.45) is 0 Å². The summed E-state index contributed by atoms with van der Waals surface area (Å²) >= 11 is 0. The van der Waals surface area contributed by atoms with Gasteiger partial charge in [0.05, 0.1) is 10.9 Å². The molecule has 0 amide bonds. The van der Waals surface area contributed by atoms with E-state index in [0.717, 1.165) is 0 Å². The number of ketones is 2. The summed E-state index contributed by atoms with van der Waals surface area (Å²) < 4.78 is 5.14. The molecule has 6 nitrogen and oxygen atoms in total. The Kier molecular flexibility index (Phi) is 2.87. The van der Waals surface area contributed by atoms with Gasteiger partial charge in [0.1, 0.15) is 16.9 Å². The van der Waals surface area contributed by atoms with Gasteiger partial charge in [-0.25, -0.2) is 4.79 Å². The molecule has 0 bridgehead atoms. The van der Waals surface area contributed by atoms with Gasteiger partial charge in [0, 0.05) is 21.9 Å². The maximum absolute atomic E-state index is 13.1. The molecule has 6 heteroatoms. The average Bonchev–Trinajstić information content (AvgIpc) is 2.69. The lowest BCUT2D eigenvalue weighted by atomic mass is 9.84. The van der Waals surface area contributed by atoms with Gasteiger partial charge in [-0.1, -0.05) is 48.5 Å². The molecule has 0 spiro atoms. The van der Waals surface area contributed by atoms with E-state index in [1.165, 1.54) is 18.2 Å². The van der Waals surface area contributed by atoms with Crippen LogP contribution < -0.4 is 5.63 Å². The van der Waals surface area contributed by atoms with E-state index in [2.05, 4.69) is 0 Å². The highest BCUT2D eigenvalue weighted by molar-refractivity contribution is 6.32. The van der Waals surface area contributed by atoms with E-state index >= 15 is 0 Å². The smallest absolute Gasteiger partial charge is 0.348 e. The Morgan fingerprint density at radius 3 is 1.81 bits per heavy atom. The van der Waals surface area contributed by atoms with E-state index in [1.54, 1.807) is 30.3 Å². The molecule has 0 aliphatic heterocycles. The van der Waals surface area contributed by atoms with Gasteiger partial charge in [0.25, 0.3) is 0 Å². The number of rotatable bonds is 0. The fourth-order valence-electron chi connectivity index (χ4n) is 3.67. The number of aromatic hydroxyl groups is 2. The largest absolute Gasteiger partial charge is 0.507 e. The van der Waals surface area contributed by atoms with Crippen molar-refractivity contribution in [2.45, 2.75) is 0 Å². The number of fused-ring (bicyclic) bond motifs is 5. The van der Waals surface area contributed by atoms with Gasteiger partial charge in [-0.15, -0.1) is 0 Å². The summed E-state index contributed by atoms with van der Waals surface area (Å²) in [7, 11) is 0. The minimum atomic E-state index is -0.997. The highest BCUT2D eigenvalue weighted by Crippen LogP contribution is 2.43. The number of phenolic OH excluding ortho intramolecular Hbond substituents is 2. The molecule has 0 saturated heterocycles. The van der Waals surface area contributed by atoms with Gasteiger partial charge in [0.2, 0.25) is 5.78 Å².